The zero-order chi connectivity index (χ0) is 15.3. The van der Waals surface area contributed by atoms with E-state index in [0.29, 0.717) is 0 Å². The van der Waals surface area contributed by atoms with Crippen LogP contribution in [0.3, 0.4) is 0 Å². The summed E-state index contributed by atoms with van der Waals surface area (Å²) in [5.41, 5.74) is 7.62. The molecule has 1 atom stereocenters. The Hall–Kier alpha value is -1.56. The summed E-state index contributed by atoms with van der Waals surface area (Å²) < 4.78 is 0. The van der Waals surface area contributed by atoms with Crippen LogP contribution in [0, 0.1) is 5.41 Å². The molecule has 6 heteroatoms. The Bertz CT molecular complexity index is 467. The van der Waals surface area contributed by atoms with Crippen molar-refractivity contribution < 1.29 is 4.79 Å². The van der Waals surface area contributed by atoms with Crippen molar-refractivity contribution in [2.75, 3.05) is 5.32 Å². The number of nitrogens with one attached hydrogen (secondary N) is 1. The van der Waals surface area contributed by atoms with Gasteiger partial charge in [0.25, 0.3) is 0 Å². The van der Waals surface area contributed by atoms with E-state index in [1.54, 1.807) is 0 Å². The first kappa shape index (κ1) is 16.5. The monoisotopic (exact) mass is 279 g/mol. The molecule has 0 aromatic carbocycles. The highest BCUT2D eigenvalue weighted by Crippen LogP contribution is 2.20. The number of anilines is 1. The van der Waals surface area contributed by atoms with Crippen molar-refractivity contribution in [1.82, 2.24) is 15.2 Å². The zero-order valence-corrected chi connectivity index (χ0v) is 13.0. The lowest BCUT2D eigenvalue weighted by atomic mass is 9.85. The van der Waals surface area contributed by atoms with Gasteiger partial charge in [-0.15, -0.1) is 10.2 Å². The Morgan fingerprint density at radius 3 is 2.30 bits per heavy atom. The highest BCUT2D eigenvalue weighted by molar-refractivity contribution is 5.89. The minimum atomic E-state index is -0.212. The molecule has 1 aromatic rings. The molecule has 0 saturated carbocycles. The lowest BCUT2D eigenvalue weighted by molar-refractivity contribution is -0.117. The van der Waals surface area contributed by atoms with Gasteiger partial charge in [-0.3, -0.25) is 10.1 Å². The van der Waals surface area contributed by atoms with Gasteiger partial charge >= 0.3 is 0 Å². The smallest absolute Gasteiger partial charge is 0.249 e. The molecule has 20 heavy (non-hydrogen) atoms. The van der Waals surface area contributed by atoms with E-state index in [1.807, 2.05) is 34.6 Å². The molecular formula is C14H25N5O. The number of nitrogens with zero attached hydrogens (tertiary/aromatic N) is 3. The molecule has 112 valence electrons. The standard InChI is InChI=1S/C14H25N5O/c1-6-9-10(7-2)18-19-13(16-9)17-12(20)8-11(15)14(3,4)5/h11H,6-8,15H2,1-5H3,(H,16,17,19,20). The van der Waals surface area contributed by atoms with Gasteiger partial charge in [-0.2, -0.15) is 0 Å². The highest BCUT2D eigenvalue weighted by Gasteiger charge is 2.23. The maximum atomic E-state index is 11.9. The van der Waals surface area contributed by atoms with Gasteiger partial charge in [0.15, 0.2) is 0 Å². The van der Waals surface area contributed by atoms with Crippen molar-refractivity contribution in [1.29, 1.82) is 0 Å². The molecule has 0 aliphatic rings. The number of hydrogen-bond donors (Lipinski definition) is 2. The molecule has 0 spiro atoms. The summed E-state index contributed by atoms with van der Waals surface area (Å²) in [5, 5.41) is 10.7. The van der Waals surface area contributed by atoms with E-state index < -0.39 is 0 Å². The van der Waals surface area contributed by atoms with Gasteiger partial charge in [0, 0.05) is 12.5 Å². The molecule has 1 aromatic heterocycles. The van der Waals surface area contributed by atoms with E-state index in [2.05, 4.69) is 20.5 Å². The van der Waals surface area contributed by atoms with Crippen LogP contribution in [-0.2, 0) is 17.6 Å². The molecule has 0 aliphatic heterocycles. The van der Waals surface area contributed by atoms with Crippen LogP contribution in [0.2, 0.25) is 0 Å². The Balaban J connectivity index is 2.71. The third-order valence-electron chi connectivity index (χ3n) is 3.28. The van der Waals surface area contributed by atoms with Crippen molar-refractivity contribution in [3.8, 4) is 0 Å². The van der Waals surface area contributed by atoms with E-state index in [1.165, 1.54) is 0 Å². The van der Waals surface area contributed by atoms with Gasteiger partial charge in [-0.05, 0) is 18.3 Å². The van der Waals surface area contributed by atoms with Gasteiger partial charge in [0.2, 0.25) is 11.9 Å². The molecule has 0 fully saturated rings. The van der Waals surface area contributed by atoms with Crippen LogP contribution in [0.25, 0.3) is 0 Å². The maximum absolute atomic E-state index is 11.9. The molecule has 6 nitrogen and oxygen atoms in total. The van der Waals surface area contributed by atoms with Gasteiger partial charge in [-0.1, -0.05) is 34.6 Å². The second kappa shape index (κ2) is 6.74. The second-order valence-electron chi connectivity index (χ2n) is 5.96. The molecule has 1 amide bonds. The van der Waals surface area contributed by atoms with Crippen LogP contribution in [0.15, 0.2) is 0 Å². The van der Waals surface area contributed by atoms with Crippen LogP contribution in [0.4, 0.5) is 5.95 Å². The molecule has 3 N–H and O–H groups in total. The van der Waals surface area contributed by atoms with E-state index >= 15 is 0 Å². The van der Waals surface area contributed by atoms with E-state index in [-0.39, 0.29) is 29.7 Å². The number of carbonyl (C=O) groups excluding carboxylic acids is 1. The molecule has 1 heterocycles. The molecule has 0 radical (unpaired) electrons. The van der Waals surface area contributed by atoms with Crippen molar-refractivity contribution in [3.63, 3.8) is 0 Å². The highest BCUT2D eigenvalue weighted by atomic mass is 16.1. The van der Waals surface area contributed by atoms with Crippen LogP contribution in [-0.4, -0.2) is 27.1 Å². The van der Waals surface area contributed by atoms with Crippen molar-refractivity contribution in [2.45, 2.75) is 59.9 Å². The summed E-state index contributed by atoms with van der Waals surface area (Å²) in [4.78, 5) is 16.2. The molecule has 0 aliphatic carbocycles. The normalized spacial score (nSPS) is 13.1. The molecular weight excluding hydrogens is 254 g/mol. The van der Waals surface area contributed by atoms with Gasteiger partial charge in [-0.25, -0.2) is 4.98 Å². The minimum Gasteiger partial charge on any atom is -0.327 e. The number of nitrogens with two attached hydrogens (primary N) is 1. The Morgan fingerprint density at radius 1 is 1.20 bits per heavy atom. The third-order valence-corrected chi connectivity index (χ3v) is 3.28. The van der Waals surface area contributed by atoms with Gasteiger partial charge in [0.1, 0.15) is 0 Å². The van der Waals surface area contributed by atoms with Crippen LogP contribution in [0.5, 0.6) is 0 Å². The quantitative estimate of drug-likeness (QED) is 0.855. The summed E-state index contributed by atoms with van der Waals surface area (Å²) in [6.07, 6.45) is 1.79. The van der Waals surface area contributed by atoms with Crippen molar-refractivity contribution in [3.05, 3.63) is 11.4 Å². The number of aromatic nitrogens is 3. The predicted octanol–water partition coefficient (Wildman–Crippen LogP) is 1.70. The fraction of sp³-hybridized carbons (Fsp3) is 0.714. The number of carbonyl (C=O) groups is 1. The number of hydrogen-bond acceptors (Lipinski definition) is 5. The van der Waals surface area contributed by atoms with E-state index in [4.69, 9.17) is 5.73 Å². The first-order valence-electron chi connectivity index (χ1n) is 7.05. The first-order valence-corrected chi connectivity index (χ1v) is 7.05. The summed E-state index contributed by atoms with van der Waals surface area (Å²) in [6, 6.07) is -0.212. The number of aryl methyl sites for hydroxylation is 2. The summed E-state index contributed by atoms with van der Waals surface area (Å²) >= 11 is 0. The van der Waals surface area contributed by atoms with Crippen molar-refractivity contribution in [2.24, 2.45) is 11.1 Å². The van der Waals surface area contributed by atoms with Crippen LogP contribution >= 0.6 is 0 Å². The van der Waals surface area contributed by atoms with Crippen LogP contribution in [0.1, 0.15) is 52.4 Å². The average Bonchev–Trinajstić information content (AvgIpc) is 2.37. The van der Waals surface area contributed by atoms with Crippen LogP contribution < -0.4 is 11.1 Å². The summed E-state index contributed by atoms with van der Waals surface area (Å²) in [6.45, 7) is 10.0. The van der Waals surface area contributed by atoms with E-state index in [0.717, 1.165) is 24.2 Å². The fourth-order valence-electron chi connectivity index (χ4n) is 1.67. The summed E-state index contributed by atoms with van der Waals surface area (Å²) in [5.74, 6) is 0.0747. The molecule has 1 unspecified atom stereocenters. The van der Waals surface area contributed by atoms with Gasteiger partial charge < -0.3 is 5.73 Å². The molecule has 0 saturated heterocycles. The van der Waals surface area contributed by atoms with Gasteiger partial charge in [0.05, 0.1) is 11.4 Å². The largest absolute Gasteiger partial charge is 0.327 e. The lowest BCUT2D eigenvalue weighted by Crippen LogP contribution is -2.38. The SMILES string of the molecule is CCc1nnc(NC(=O)CC(N)C(C)(C)C)nc1CC. The Morgan fingerprint density at radius 2 is 1.80 bits per heavy atom. The topological polar surface area (TPSA) is 93.8 Å². The Kier molecular flexibility index (Phi) is 5.56. The number of rotatable bonds is 5. The predicted molar refractivity (Wildman–Crippen MR) is 79.3 cm³/mol. The van der Waals surface area contributed by atoms with E-state index in [9.17, 15) is 4.79 Å². The summed E-state index contributed by atoms with van der Waals surface area (Å²) in [7, 11) is 0. The lowest BCUT2D eigenvalue weighted by Gasteiger charge is -2.26. The van der Waals surface area contributed by atoms with Crippen molar-refractivity contribution >= 4 is 11.9 Å². The zero-order valence-electron chi connectivity index (χ0n) is 13.0. The fourth-order valence-corrected chi connectivity index (χ4v) is 1.67. The second-order valence-corrected chi connectivity index (χ2v) is 5.96. The number of amides is 1. The maximum Gasteiger partial charge on any atom is 0.249 e. The molecule has 1 rings (SSSR count). The first-order chi connectivity index (χ1) is 9.27. The molecule has 0 bridgehead atoms. The Labute approximate surface area is 120 Å². The average molecular weight is 279 g/mol. The third kappa shape index (κ3) is 4.52. The minimum absolute atomic E-state index is 0.114.